The lowest BCUT2D eigenvalue weighted by Gasteiger charge is -2.23. The first-order chi connectivity index (χ1) is 12.1. The molecule has 1 atom stereocenters. The second kappa shape index (κ2) is 7.55. The van der Waals surface area contributed by atoms with Gasteiger partial charge in [0.15, 0.2) is 0 Å². The third-order valence-corrected chi connectivity index (χ3v) is 4.73. The molecule has 5 nitrogen and oxygen atoms in total. The Morgan fingerprint density at radius 1 is 1.44 bits per heavy atom. The standard InChI is InChI=1S/C20H25N3O2/c1-14(11-15-7-4-5-10-19(15)25-3)12-20(24)22-17-8-6-9-18-16(17)13-21-23(18)2/h4-5,7,10,12-13,17H,6,8-9,11H2,1-3H3,(H,22,24). The summed E-state index contributed by atoms with van der Waals surface area (Å²) in [5.41, 5.74) is 4.46. The minimum atomic E-state index is -0.0471. The average molecular weight is 339 g/mol. The van der Waals surface area contributed by atoms with Gasteiger partial charge >= 0.3 is 0 Å². The predicted molar refractivity (Wildman–Crippen MR) is 97.5 cm³/mol. The lowest BCUT2D eigenvalue weighted by Crippen LogP contribution is -2.29. The summed E-state index contributed by atoms with van der Waals surface area (Å²) in [5, 5.41) is 7.46. The third-order valence-electron chi connectivity index (χ3n) is 4.73. The first kappa shape index (κ1) is 17.3. The molecule has 0 fully saturated rings. The zero-order chi connectivity index (χ0) is 17.8. The number of aryl methyl sites for hydroxylation is 1. The molecule has 1 amide bonds. The molecule has 1 N–H and O–H groups in total. The fourth-order valence-electron chi connectivity index (χ4n) is 3.49. The fourth-order valence-corrected chi connectivity index (χ4v) is 3.49. The van der Waals surface area contributed by atoms with Crippen LogP contribution in [0, 0.1) is 0 Å². The molecule has 0 saturated carbocycles. The van der Waals surface area contributed by atoms with Crippen LogP contribution in [0.15, 0.2) is 42.1 Å². The van der Waals surface area contributed by atoms with Crippen LogP contribution in [0.4, 0.5) is 0 Å². The number of amides is 1. The second-order valence-electron chi connectivity index (χ2n) is 6.60. The summed E-state index contributed by atoms with van der Waals surface area (Å²) in [7, 11) is 3.62. The Morgan fingerprint density at radius 2 is 2.24 bits per heavy atom. The van der Waals surface area contributed by atoms with Crippen molar-refractivity contribution >= 4 is 5.91 Å². The van der Waals surface area contributed by atoms with Gasteiger partial charge in [-0.05, 0) is 44.2 Å². The van der Waals surface area contributed by atoms with E-state index in [1.54, 1.807) is 13.2 Å². The van der Waals surface area contributed by atoms with Gasteiger partial charge in [0.1, 0.15) is 5.75 Å². The molecule has 0 aliphatic heterocycles. The highest BCUT2D eigenvalue weighted by molar-refractivity contribution is 5.88. The van der Waals surface area contributed by atoms with Crippen LogP contribution in [-0.4, -0.2) is 22.8 Å². The highest BCUT2D eigenvalue weighted by atomic mass is 16.5. The maximum atomic E-state index is 12.4. The number of aromatic nitrogens is 2. The van der Waals surface area contributed by atoms with Crippen molar-refractivity contribution in [1.29, 1.82) is 0 Å². The van der Waals surface area contributed by atoms with Crippen molar-refractivity contribution in [2.75, 3.05) is 7.11 Å². The molecular formula is C20H25N3O2. The molecular weight excluding hydrogens is 314 g/mol. The molecule has 3 rings (SSSR count). The highest BCUT2D eigenvalue weighted by Gasteiger charge is 2.24. The molecule has 1 aromatic carbocycles. The summed E-state index contributed by atoms with van der Waals surface area (Å²) in [6.07, 6.45) is 7.33. The van der Waals surface area contributed by atoms with Crippen LogP contribution in [0.2, 0.25) is 0 Å². The zero-order valence-corrected chi connectivity index (χ0v) is 15.1. The van der Waals surface area contributed by atoms with Gasteiger partial charge in [-0.2, -0.15) is 5.10 Å². The third kappa shape index (κ3) is 3.92. The lowest BCUT2D eigenvalue weighted by molar-refractivity contribution is -0.117. The SMILES string of the molecule is COc1ccccc1CC(C)=CC(=O)NC1CCCc2c1cnn2C. The van der Waals surface area contributed by atoms with E-state index in [1.165, 1.54) is 5.69 Å². The van der Waals surface area contributed by atoms with Crippen molar-refractivity contribution in [2.45, 2.75) is 38.6 Å². The van der Waals surface area contributed by atoms with Crippen molar-refractivity contribution < 1.29 is 9.53 Å². The normalized spacial score (nSPS) is 17.1. The van der Waals surface area contributed by atoms with E-state index in [4.69, 9.17) is 4.74 Å². The summed E-state index contributed by atoms with van der Waals surface area (Å²) in [6.45, 7) is 1.97. The first-order valence-corrected chi connectivity index (χ1v) is 8.69. The van der Waals surface area contributed by atoms with Gasteiger partial charge in [-0.3, -0.25) is 9.48 Å². The van der Waals surface area contributed by atoms with Crippen molar-refractivity contribution in [2.24, 2.45) is 7.05 Å². The summed E-state index contributed by atoms with van der Waals surface area (Å²) in [4.78, 5) is 12.4. The van der Waals surface area contributed by atoms with Gasteiger partial charge in [-0.15, -0.1) is 0 Å². The van der Waals surface area contributed by atoms with Crippen molar-refractivity contribution in [3.05, 3.63) is 58.9 Å². The number of hydrogen-bond donors (Lipinski definition) is 1. The van der Waals surface area contributed by atoms with Crippen LogP contribution in [0.25, 0.3) is 0 Å². The van der Waals surface area contributed by atoms with E-state index in [9.17, 15) is 4.79 Å². The number of hydrogen-bond acceptors (Lipinski definition) is 3. The van der Waals surface area contributed by atoms with E-state index < -0.39 is 0 Å². The number of methoxy groups -OCH3 is 1. The highest BCUT2D eigenvalue weighted by Crippen LogP contribution is 2.29. The molecule has 0 bridgehead atoms. The van der Waals surface area contributed by atoms with Crippen LogP contribution in [0.5, 0.6) is 5.75 Å². The number of para-hydroxylation sites is 1. The lowest BCUT2D eigenvalue weighted by atomic mass is 9.93. The Hall–Kier alpha value is -2.56. The maximum absolute atomic E-state index is 12.4. The van der Waals surface area contributed by atoms with Crippen molar-refractivity contribution in [1.82, 2.24) is 15.1 Å². The average Bonchev–Trinajstić information content (AvgIpc) is 2.97. The Morgan fingerprint density at radius 3 is 3.04 bits per heavy atom. The molecule has 1 aliphatic rings. The van der Waals surface area contributed by atoms with Crippen LogP contribution < -0.4 is 10.1 Å². The molecule has 25 heavy (non-hydrogen) atoms. The number of carbonyl (C=O) groups is 1. The molecule has 0 saturated heterocycles. The Kier molecular flexibility index (Phi) is 5.22. The van der Waals surface area contributed by atoms with E-state index in [0.29, 0.717) is 6.42 Å². The second-order valence-corrected chi connectivity index (χ2v) is 6.60. The molecule has 5 heteroatoms. The number of carbonyl (C=O) groups excluding carboxylic acids is 1. The molecule has 1 aromatic heterocycles. The van der Waals surface area contributed by atoms with E-state index in [2.05, 4.69) is 10.4 Å². The number of fused-ring (bicyclic) bond motifs is 1. The van der Waals surface area contributed by atoms with Crippen LogP contribution in [0.3, 0.4) is 0 Å². The van der Waals surface area contributed by atoms with Gasteiger partial charge in [0.25, 0.3) is 0 Å². The predicted octanol–water partition coefficient (Wildman–Crippen LogP) is 3.11. The molecule has 1 heterocycles. The monoisotopic (exact) mass is 339 g/mol. The van der Waals surface area contributed by atoms with Gasteiger partial charge in [0.2, 0.25) is 5.91 Å². The molecule has 2 aromatic rings. The molecule has 0 spiro atoms. The minimum Gasteiger partial charge on any atom is -0.496 e. The van der Waals surface area contributed by atoms with Gasteiger partial charge in [0, 0.05) is 24.4 Å². The quantitative estimate of drug-likeness (QED) is 0.852. The van der Waals surface area contributed by atoms with Crippen molar-refractivity contribution in [3.8, 4) is 5.75 Å². The fraction of sp³-hybridized carbons (Fsp3) is 0.400. The van der Waals surface area contributed by atoms with Gasteiger partial charge in [0.05, 0.1) is 19.3 Å². The van der Waals surface area contributed by atoms with Crippen molar-refractivity contribution in [3.63, 3.8) is 0 Å². The number of allylic oxidation sites excluding steroid dienone is 1. The number of ether oxygens (including phenoxy) is 1. The van der Waals surface area contributed by atoms with Crippen LogP contribution >= 0.6 is 0 Å². The topological polar surface area (TPSA) is 56.1 Å². The van der Waals surface area contributed by atoms with Gasteiger partial charge < -0.3 is 10.1 Å². The number of nitrogens with zero attached hydrogens (tertiary/aromatic N) is 2. The summed E-state index contributed by atoms with van der Waals surface area (Å²) >= 11 is 0. The summed E-state index contributed by atoms with van der Waals surface area (Å²) in [6, 6.07) is 7.95. The summed E-state index contributed by atoms with van der Waals surface area (Å²) in [5.74, 6) is 0.803. The largest absolute Gasteiger partial charge is 0.496 e. The van der Waals surface area contributed by atoms with Crippen LogP contribution in [0.1, 0.15) is 42.6 Å². The Bertz CT molecular complexity index is 792. The van der Waals surface area contributed by atoms with E-state index in [0.717, 1.165) is 41.7 Å². The molecule has 1 unspecified atom stereocenters. The minimum absolute atomic E-state index is 0.0471. The smallest absolute Gasteiger partial charge is 0.244 e. The van der Waals surface area contributed by atoms with Crippen LogP contribution in [-0.2, 0) is 24.7 Å². The zero-order valence-electron chi connectivity index (χ0n) is 15.1. The summed E-state index contributed by atoms with van der Waals surface area (Å²) < 4.78 is 7.29. The molecule has 0 radical (unpaired) electrons. The van der Waals surface area contributed by atoms with Gasteiger partial charge in [-0.1, -0.05) is 23.8 Å². The Labute approximate surface area is 148 Å². The first-order valence-electron chi connectivity index (χ1n) is 8.69. The number of nitrogens with one attached hydrogen (secondary N) is 1. The van der Waals surface area contributed by atoms with Gasteiger partial charge in [-0.25, -0.2) is 0 Å². The maximum Gasteiger partial charge on any atom is 0.244 e. The van der Waals surface area contributed by atoms with E-state index in [-0.39, 0.29) is 11.9 Å². The number of rotatable bonds is 5. The Balaban J connectivity index is 1.67. The van der Waals surface area contributed by atoms with E-state index >= 15 is 0 Å². The molecule has 1 aliphatic carbocycles. The van der Waals surface area contributed by atoms with E-state index in [1.807, 2.05) is 49.1 Å². The molecule has 132 valence electrons. The number of benzene rings is 1.